The Morgan fingerprint density at radius 1 is 1.20 bits per heavy atom. The van der Waals surface area contributed by atoms with E-state index in [4.69, 9.17) is 0 Å². The van der Waals surface area contributed by atoms with Crippen molar-refractivity contribution < 1.29 is 9.59 Å². The SMILES string of the molecule is CNC(=O)/C=C/CNC(=O)c1ccc2nccnc2c1. The summed E-state index contributed by atoms with van der Waals surface area (Å²) < 4.78 is 0. The first-order chi connectivity index (χ1) is 9.70. The predicted octanol–water partition coefficient (Wildman–Crippen LogP) is 0.662. The lowest BCUT2D eigenvalue weighted by Crippen LogP contribution is -2.24. The van der Waals surface area contributed by atoms with Crippen LogP contribution in [0.25, 0.3) is 11.0 Å². The van der Waals surface area contributed by atoms with Crippen molar-refractivity contribution in [3.05, 3.63) is 48.3 Å². The molecular weight excluding hydrogens is 256 g/mol. The number of aromatic nitrogens is 2. The molecule has 0 aliphatic rings. The molecule has 2 amide bonds. The molecule has 0 fully saturated rings. The zero-order chi connectivity index (χ0) is 14.4. The highest BCUT2D eigenvalue weighted by atomic mass is 16.2. The maximum absolute atomic E-state index is 11.9. The van der Waals surface area contributed by atoms with Gasteiger partial charge in [0.05, 0.1) is 11.0 Å². The summed E-state index contributed by atoms with van der Waals surface area (Å²) in [7, 11) is 1.54. The van der Waals surface area contributed by atoms with Crippen molar-refractivity contribution in [3.8, 4) is 0 Å². The predicted molar refractivity (Wildman–Crippen MR) is 75.1 cm³/mol. The molecule has 0 aliphatic carbocycles. The topological polar surface area (TPSA) is 84.0 Å². The number of amides is 2. The molecule has 0 saturated heterocycles. The molecule has 1 aromatic carbocycles. The van der Waals surface area contributed by atoms with Crippen molar-refractivity contribution in [3.63, 3.8) is 0 Å². The Balaban J connectivity index is 2.00. The van der Waals surface area contributed by atoms with Gasteiger partial charge in [-0.1, -0.05) is 6.08 Å². The summed E-state index contributed by atoms with van der Waals surface area (Å²) >= 11 is 0. The number of hydrogen-bond donors (Lipinski definition) is 2. The normalized spacial score (nSPS) is 10.7. The van der Waals surface area contributed by atoms with Gasteiger partial charge in [-0.05, 0) is 18.2 Å². The molecule has 0 atom stereocenters. The summed E-state index contributed by atoms with van der Waals surface area (Å²) in [5.74, 6) is -0.431. The molecule has 1 aromatic heterocycles. The first-order valence-corrected chi connectivity index (χ1v) is 6.08. The van der Waals surface area contributed by atoms with Crippen molar-refractivity contribution in [2.75, 3.05) is 13.6 Å². The molecule has 0 saturated carbocycles. The smallest absolute Gasteiger partial charge is 0.251 e. The van der Waals surface area contributed by atoms with Crippen molar-refractivity contribution >= 4 is 22.8 Å². The van der Waals surface area contributed by atoms with Crippen LogP contribution in [0, 0.1) is 0 Å². The molecule has 0 bridgehead atoms. The standard InChI is InChI=1S/C14H14N4O2/c1-15-13(19)3-2-6-18-14(20)10-4-5-11-12(9-10)17-8-7-16-11/h2-5,7-9H,6H2,1H3,(H,15,19)(H,18,20)/b3-2+. The maximum atomic E-state index is 11.9. The number of hydrogen-bond acceptors (Lipinski definition) is 4. The Bertz CT molecular complexity index is 667. The second-order valence-electron chi connectivity index (χ2n) is 3.99. The van der Waals surface area contributed by atoms with Crippen molar-refractivity contribution in [1.29, 1.82) is 0 Å². The van der Waals surface area contributed by atoms with Crippen LogP contribution in [0.15, 0.2) is 42.7 Å². The molecule has 102 valence electrons. The van der Waals surface area contributed by atoms with E-state index in [0.717, 1.165) is 5.52 Å². The zero-order valence-electron chi connectivity index (χ0n) is 11.0. The molecule has 6 heteroatoms. The number of carbonyl (C=O) groups is 2. The number of benzene rings is 1. The van der Waals surface area contributed by atoms with Crippen LogP contribution < -0.4 is 10.6 Å². The van der Waals surface area contributed by atoms with Crippen LogP contribution in [0.5, 0.6) is 0 Å². The number of nitrogens with one attached hydrogen (secondary N) is 2. The number of rotatable bonds is 4. The van der Waals surface area contributed by atoms with E-state index >= 15 is 0 Å². The Morgan fingerprint density at radius 2 is 1.95 bits per heavy atom. The zero-order valence-corrected chi connectivity index (χ0v) is 11.0. The lowest BCUT2D eigenvalue weighted by Gasteiger charge is -2.03. The van der Waals surface area contributed by atoms with E-state index in [1.165, 1.54) is 6.08 Å². The van der Waals surface area contributed by atoms with Gasteiger partial charge in [0.2, 0.25) is 5.91 Å². The monoisotopic (exact) mass is 270 g/mol. The van der Waals surface area contributed by atoms with Crippen LogP contribution in [0.2, 0.25) is 0 Å². The number of carbonyl (C=O) groups excluding carboxylic acids is 2. The average molecular weight is 270 g/mol. The van der Waals surface area contributed by atoms with Crippen LogP contribution in [0.1, 0.15) is 10.4 Å². The molecule has 0 unspecified atom stereocenters. The molecule has 2 rings (SSSR count). The molecule has 20 heavy (non-hydrogen) atoms. The molecule has 1 heterocycles. The molecule has 0 radical (unpaired) electrons. The van der Waals surface area contributed by atoms with Crippen LogP contribution in [0.3, 0.4) is 0 Å². The fraction of sp³-hybridized carbons (Fsp3) is 0.143. The molecule has 2 N–H and O–H groups in total. The van der Waals surface area contributed by atoms with Crippen LogP contribution in [0.4, 0.5) is 0 Å². The third-order valence-corrected chi connectivity index (χ3v) is 2.63. The van der Waals surface area contributed by atoms with E-state index < -0.39 is 0 Å². The highest BCUT2D eigenvalue weighted by molar-refractivity contribution is 5.97. The maximum Gasteiger partial charge on any atom is 0.251 e. The third-order valence-electron chi connectivity index (χ3n) is 2.63. The minimum Gasteiger partial charge on any atom is -0.356 e. The minimum atomic E-state index is -0.223. The molecule has 0 aliphatic heterocycles. The van der Waals surface area contributed by atoms with Crippen molar-refractivity contribution in [2.45, 2.75) is 0 Å². The lowest BCUT2D eigenvalue weighted by atomic mass is 10.2. The highest BCUT2D eigenvalue weighted by Gasteiger charge is 2.05. The summed E-state index contributed by atoms with van der Waals surface area (Å²) in [5, 5.41) is 5.14. The fourth-order valence-corrected chi connectivity index (χ4v) is 1.61. The Kier molecular flexibility index (Phi) is 4.39. The third kappa shape index (κ3) is 3.38. The molecule has 2 aromatic rings. The van der Waals surface area contributed by atoms with Crippen molar-refractivity contribution in [1.82, 2.24) is 20.6 Å². The quantitative estimate of drug-likeness (QED) is 0.799. The number of nitrogens with zero attached hydrogens (tertiary/aromatic N) is 2. The van der Waals surface area contributed by atoms with E-state index in [0.29, 0.717) is 11.1 Å². The van der Waals surface area contributed by atoms with Crippen LogP contribution in [-0.2, 0) is 4.79 Å². The molecule has 6 nitrogen and oxygen atoms in total. The summed E-state index contributed by atoms with van der Waals surface area (Å²) in [6.07, 6.45) is 6.13. The van der Waals surface area contributed by atoms with E-state index in [1.54, 1.807) is 43.7 Å². The lowest BCUT2D eigenvalue weighted by molar-refractivity contribution is -0.116. The van der Waals surface area contributed by atoms with Gasteiger partial charge >= 0.3 is 0 Å². The number of fused-ring (bicyclic) bond motifs is 1. The largest absolute Gasteiger partial charge is 0.356 e. The van der Waals surface area contributed by atoms with E-state index in [-0.39, 0.29) is 18.4 Å². The van der Waals surface area contributed by atoms with Gasteiger partial charge in [0.25, 0.3) is 5.91 Å². The first-order valence-electron chi connectivity index (χ1n) is 6.08. The van der Waals surface area contributed by atoms with Crippen molar-refractivity contribution in [2.24, 2.45) is 0 Å². The second-order valence-corrected chi connectivity index (χ2v) is 3.99. The summed E-state index contributed by atoms with van der Waals surface area (Å²) in [5.41, 5.74) is 1.91. The van der Waals surface area contributed by atoms with E-state index in [9.17, 15) is 9.59 Å². The molecular formula is C14H14N4O2. The minimum absolute atomic E-state index is 0.208. The van der Waals surface area contributed by atoms with Gasteiger partial charge in [-0.3, -0.25) is 19.6 Å². The second kappa shape index (κ2) is 6.42. The Hall–Kier alpha value is -2.76. The van der Waals surface area contributed by atoms with Gasteiger partial charge in [-0.15, -0.1) is 0 Å². The number of likely N-dealkylation sites (N-methyl/N-ethyl adjacent to an activating group) is 1. The van der Waals surface area contributed by atoms with E-state index in [2.05, 4.69) is 20.6 Å². The highest BCUT2D eigenvalue weighted by Crippen LogP contribution is 2.10. The van der Waals surface area contributed by atoms with Gasteiger partial charge in [0.15, 0.2) is 0 Å². The molecule has 0 spiro atoms. The average Bonchev–Trinajstić information content (AvgIpc) is 2.50. The van der Waals surface area contributed by atoms with Gasteiger partial charge in [0.1, 0.15) is 0 Å². The van der Waals surface area contributed by atoms with Gasteiger partial charge in [-0.2, -0.15) is 0 Å². The van der Waals surface area contributed by atoms with Crippen LogP contribution >= 0.6 is 0 Å². The Labute approximate surface area is 115 Å². The summed E-state index contributed by atoms with van der Waals surface area (Å²) in [6, 6.07) is 5.12. The van der Waals surface area contributed by atoms with Gasteiger partial charge < -0.3 is 10.6 Å². The Morgan fingerprint density at radius 3 is 2.70 bits per heavy atom. The van der Waals surface area contributed by atoms with E-state index in [1.807, 2.05) is 0 Å². The van der Waals surface area contributed by atoms with Gasteiger partial charge in [-0.25, -0.2) is 0 Å². The van der Waals surface area contributed by atoms with Crippen LogP contribution in [-0.4, -0.2) is 35.4 Å². The first kappa shape index (κ1) is 13.7. The summed E-state index contributed by atoms with van der Waals surface area (Å²) in [4.78, 5) is 31.1. The summed E-state index contributed by atoms with van der Waals surface area (Å²) in [6.45, 7) is 0.282. The fourth-order valence-electron chi connectivity index (χ4n) is 1.61. The van der Waals surface area contributed by atoms with Gasteiger partial charge in [0, 0.05) is 37.6 Å².